The third kappa shape index (κ3) is 3.04. The predicted octanol–water partition coefficient (Wildman–Crippen LogP) is 4.27. The van der Waals surface area contributed by atoms with Gasteiger partial charge in [-0.05, 0) is 30.0 Å². The van der Waals surface area contributed by atoms with Crippen molar-refractivity contribution in [3.8, 4) is 0 Å². The van der Waals surface area contributed by atoms with Gasteiger partial charge in [0.15, 0.2) is 0 Å². The second-order valence-corrected chi connectivity index (χ2v) is 5.79. The zero-order valence-electron chi connectivity index (χ0n) is 13.0. The fourth-order valence-corrected chi connectivity index (χ4v) is 3.24. The second kappa shape index (κ2) is 6.78. The fraction of sp³-hybridized carbons (Fsp3) is 0.250. The van der Waals surface area contributed by atoms with Crippen LogP contribution in [0, 0.1) is 5.82 Å². The molecule has 3 rings (SSSR count). The average Bonchev–Trinajstić information content (AvgIpc) is 2.59. The fourth-order valence-electron chi connectivity index (χ4n) is 3.24. The molecule has 0 saturated carbocycles. The van der Waals surface area contributed by atoms with Crippen LogP contribution in [0.15, 0.2) is 61.2 Å². The average molecular weight is 309 g/mol. The highest BCUT2D eigenvalue weighted by molar-refractivity contribution is 5.78. The largest absolute Gasteiger partial charge is 0.331 e. The molecule has 2 aromatic carbocycles. The van der Waals surface area contributed by atoms with E-state index in [0.29, 0.717) is 24.9 Å². The molecular formula is C20H20FNO. The summed E-state index contributed by atoms with van der Waals surface area (Å²) in [6.45, 7) is 4.29. The van der Waals surface area contributed by atoms with E-state index in [9.17, 15) is 9.18 Å². The van der Waals surface area contributed by atoms with Gasteiger partial charge in [-0.2, -0.15) is 0 Å². The van der Waals surface area contributed by atoms with Gasteiger partial charge in [-0.3, -0.25) is 4.79 Å². The molecule has 1 atom stereocenters. The maximum absolute atomic E-state index is 14.4. The minimum Gasteiger partial charge on any atom is -0.331 e. The molecule has 1 aliphatic rings. The molecule has 1 unspecified atom stereocenters. The first-order valence-electron chi connectivity index (χ1n) is 7.95. The molecule has 1 aliphatic heterocycles. The first-order valence-corrected chi connectivity index (χ1v) is 7.95. The van der Waals surface area contributed by atoms with E-state index in [1.807, 2.05) is 29.2 Å². The van der Waals surface area contributed by atoms with Crippen LogP contribution in [0.25, 0.3) is 0 Å². The number of hydrogen-bond donors (Lipinski definition) is 0. The van der Waals surface area contributed by atoms with E-state index in [1.165, 1.54) is 11.6 Å². The number of rotatable bonds is 4. The van der Waals surface area contributed by atoms with E-state index in [2.05, 4.69) is 12.6 Å². The van der Waals surface area contributed by atoms with Gasteiger partial charge >= 0.3 is 0 Å². The van der Waals surface area contributed by atoms with Gasteiger partial charge in [-0.25, -0.2) is 4.39 Å². The smallest absolute Gasteiger partial charge is 0.223 e. The van der Waals surface area contributed by atoms with Gasteiger partial charge in [0.25, 0.3) is 0 Å². The highest BCUT2D eigenvalue weighted by Gasteiger charge is 2.32. The predicted molar refractivity (Wildman–Crippen MR) is 89.5 cm³/mol. The molecule has 3 heteroatoms. The minimum absolute atomic E-state index is 0.0488. The van der Waals surface area contributed by atoms with Crippen molar-refractivity contribution in [1.82, 2.24) is 4.90 Å². The van der Waals surface area contributed by atoms with E-state index < -0.39 is 0 Å². The summed E-state index contributed by atoms with van der Waals surface area (Å²) in [6, 6.07) is 14.4. The molecule has 118 valence electrons. The van der Waals surface area contributed by atoms with E-state index in [4.69, 9.17) is 0 Å². The first kappa shape index (κ1) is 15.5. The molecule has 1 amide bonds. The number of halogens is 1. The Labute approximate surface area is 136 Å². The second-order valence-electron chi connectivity index (χ2n) is 5.79. The Morgan fingerprint density at radius 3 is 2.61 bits per heavy atom. The van der Waals surface area contributed by atoms with Crippen molar-refractivity contribution in [2.45, 2.75) is 25.3 Å². The van der Waals surface area contributed by atoms with Crippen molar-refractivity contribution in [3.05, 3.63) is 83.7 Å². The van der Waals surface area contributed by atoms with Crippen molar-refractivity contribution >= 4 is 5.91 Å². The molecule has 0 aromatic heterocycles. The number of carbonyl (C=O) groups is 1. The van der Waals surface area contributed by atoms with Crippen LogP contribution in [0.2, 0.25) is 0 Å². The van der Waals surface area contributed by atoms with Crippen molar-refractivity contribution in [1.29, 1.82) is 0 Å². The van der Waals surface area contributed by atoms with Crippen LogP contribution in [-0.2, 0) is 11.2 Å². The maximum atomic E-state index is 14.4. The van der Waals surface area contributed by atoms with Gasteiger partial charge in [-0.1, -0.05) is 48.5 Å². The van der Waals surface area contributed by atoms with Crippen molar-refractivity contribution in [2.75, 3.05) is 6.54 Å². The normalized spacial score (nSPS) is 16.7. The van der Waals surface area contributed by atoms with E-state index in [1.54, 1.807) is 18.2 Å². The third-order valence-electron chi connectivity index (χ3n) is 4.37. The van der Waals surface area contributed by atoms with Crippen LogP contribution in [0.5, 0.6) is 0 Å². The van der Waals surface area contributed by atoms with Crippen molar-refractivity contribution in [3.63, 3.8) is 0 Å². The van der Waals surface area contributed by atoms with Crippen LogP contribution in [0.1, 0.15) is 35.6 Å². The van der Waals surface area contributed by atoms with E-state index in [0.717, 1.165) is 12.0 Å². The highest BCUT2D eigenvalue weighted by Crippen LogP contribution is 2.36. The monoisotopic (exact) mass is 309 g/mol. The molecule has 23 heavy (non-hydrogen) atoms. The summed E-state index contributed by atoms with van der Waals surface area (Å²) >= 11 is 0. The topological polar surface area (TPSA) is 20.3 Å². The van der Waals surface area contributed by atoms with Crippen LogP contribution >= 0.6 is 0 Å². The Hall–Kier alpha value is -2.42. The molecule has 2 aromatic rings. The molecule has 0 bridgehead atoms. The van der Waals surface area contributed by atoms with Gasteiger partial charge in [0, 0.05) is 18.5 Å². The lowest BCUT2D eigenvalue weighted by atomic mass is 9.87. The van der Waals surface area contributed by atoms with Crippen LogP contribution in [-0.4, -0.2) is 17.4 Å². The van der Waals surface area contributed by atoms with Crippen LogP contribution < -0.4 is 0 Å². The highest BCUT2D eigenvalue weighted by atomic mass is 19.1. The van der Waals surface area contributed by atoms with Gasteiger partial charge < -0.3 is 4.90 Å². The van der Waals surface area contributed by atoms with E-state index >= 15 is 0 Å². The lowest BCUT2D eigenvalue weighted by molar-refractivity contribution is -0.133. The molecular weight excluding hydrogens is 289 g/mol. The maximum Gasteiger partial charge on any atom is 0.223 e. The Balaban J connectivity index is 2.05. The van der Waals surface area contributed by atoms with Crippen molar-refractivity contribution < 1.29 is 9.18 Å². The van der Waals surface area contributed by atoms with Crippen LogP contribution in [0.4, 0.5) is 4.39 Å². The lowest BCUT2D eigenvalue weighted by Crippen LogP contribution is -2.40. The summed E-state index contributed by atoms with van der Waals surface area (Å²) in [5.41, 5.74) is 2.77. The molecule has 2 nitrogen and oxygen atoms in total. The van der Waals surface area contributed by atoms with E-state index in [-0.39, 0.29) is 17.8 Å². The summed E-state index contributed by atoms with van der Waals surface area (Å²) in [6.07, 6.45) is 3.60. The SMILES string of the molecule is C=CCCC(=O)N1CCc2ccccc2C1c1ccccc1F. The van der Waals surface area contributed by atoms with Gasteiger partial charge in [-0.15, -0.1) is 6.58 Å². The molecule has 0 N–H and O–H groups in total. The number of fused-ring (bicyclic) bond motifs is 1. The summed E-state index contributed by atoms with van der Waals surface area (Å²) in [5.74, 6) is -0.219. The lowest BCUT2D eigenvalue weighted by Gasteiger charge is -2.38. The van der Waals surface area contributed by atoms with Crippen LogP contribution in [0.3, 0.4) is 0 Å². The number of amides is 1. The zero-order chi connectivity index (χ0) is 16.2. The third-order valence-corrected chi connectivity index (χ3v) is 4.37. The quantitative estimate of drug-likeness (QED) is 0.773. The number of nitrogens with zero attached hydrogens (tertiary/aromatic N) is 1. The molecule has 0 radical (unpaired) electrons. The summed E-state index contributed by atoms with van der Waals surface area (Å²) in [4.78, 5) is 14.4. The Kier molecular flexibility index (Phi) is 4.56. The number of carbonyl (C=O) groups excluding carboxylic acids is 1. The first-order chi connectivity index (χ1) is 11.2. The number of hydrogen-bond acceptors (Lipinski definition) is 1. The molecule has 0 aliphatic carbocycles. The Bertz CT molecular complexity index is 725. The van der Waals surface area contributed by atoms with Gasteiger partial charge in [0.05, 0.1) is 6.04 Å². The summed E-state index contributed by atoms with van der Waals surface area (Å²) in [7, 11) is 0. The van der Waals surface area contributed by atoms with Gasteiger partial charge in [0.2, 0.25) is 5.91 Å². The standard InChI is InChI=1S/C20H20FNO/c1-2-3-12-19(23)22-14-13-15-8-4-5-9-16(15)20(22)17-10-6-7-11-18(17)21/h2,4-11,20H,1,3,12-14H2. The Morgan fingerprint density at radius 2 is 1.87 bits per heavy atom. The molecule has 0 spiro atoms. The van der Waals surface area contributed by atoms with Gasteiger partial charge in [0.1, 0.15) is 5.82 Å². The molecule has 1 heterocycles. The zero-order valence-corrected chi connectivity index (χ0v) is 13.0. The Morgan fingerprint density at radius 1 is 1.17 bits per heavy atom. The number of allylic oxidation sites excluding steroid dienone is 1. The molecule has 0 saturated heterocycles. The summed E-state index contributed by atoms with van der Waals surface area (Å²) < 4.78 is 14.4. The van der Waals surface area contributed by atoms with Crippen molar-refractivity contribution in [2.24, 2.45) is 0 Å². The molecule has 0 fully saturated rings. The number of benzene rings is 2. The summed E-state index contributed by atoms with van der Waals surface area (Å²) in [5, 5.41) is 0. The minimum atomic E-state index is -0.349.